The molecule has 0 spiro atoms. The van der Waals surface area contributed by atoms with Crippen LogP contribution in [0.15, 0.2) is 24.3 Å². The maximum absolute atomic E-state index is 12.8. The molecule has 7 nitrogen and oxygen atoms in total. The highest BCUT2D eigenvalue weighted by molar-refractivity contribution is 5.81. The van der Waals surface area contributed by atoms with E-state index >= 15 is 0 Å². The Labute approximate surface area is 192 Å². The Morgan fingerprint density at radius 1 is 1.19 bits per heavy atom. The molecule has 7 heteroatoms. The van der Waals surface area contributed by atoms with Crippen molar-refractivity contribution in [3.63, 3.8) is 0 Å². The number of benzene rings is 1. The van der Waals surface area contributed by atoms with Crippen molar-refractivity contribution in [1.82, 2.24) is 5.32 Å². The fourth-order valence-electron chi connectivity index (χ4n) is 3.54. The van der Waals surface area contributed by atoms with Crippen molar-refractivity contribution in [3.8, 4) is 0 Å². The summed E-state index contributed by atoms with van der Waals surface area (Å²) in [6, 6.07) is 7.42. The van der Waals surface area contributed by atoms with E-state index in [1.165, 1.54) is 11.1 Å². The molecule has 2 rings (SSSR count). The average molecular weight is 450 g/mol. The highest BCUT2D eigenvalue weighted by Crippen LogP contribution is 2.23. The molecule has 0 aliphatic carbocycles. The Hall–Kier alpha value is -2.12. The molecule has 1 heterocycles. The Morgan fingerprint density at radius 2 is 1.84 bits per heavy atom. The second-order valence-corrected chi connectivity index (χ2v) is 10.0. The van der Waals surface area contributed by atoms with Gasteiger partial charge in [-0.3, -0.25) is 0 Å². The quantitative estimate of drug-likeness (QED) is 0.660. The summed E-state index contributed by atoms with van der Waals surface area (Å²) in [4.78, 5) is 25.0. The number of alkyl carbamates (subject to hydrolysis) is 1. The van der Waals surface area contributed by atoms with Crippen molar-refractivity contribution in [2.45, 2.75) is 78.7 Å². The molecule has 1 aliphatic rings. The van der Waals surface area contributed by atoms with Crippen molar-refractivity contribution in [2.75, 3.05) is 19.8 Å². The van der Waals surface area contributed by atoms with E-state index < -0.39 is 29.8 Å². The van der Waals surface area contributed by atoms with Gasteiger partial charge in [0, 0.05) is 12.5 Å². The molecule has 4 atom stereocenters. The molecular weight excluding hydrogens is 410 g/mol. The van der Waals surface area contributed by atoms with Crippen molar-refractivity contribution >= 4 is 12.1 Å². The molecule has 32 heavy (non-hydrogen) atoms. The van der Waals surface area contributed by atoms with Crippen LogP contribution in [0.1, 0.15) is 52.7 Å². The fourth-order valence-corrected chi connectivity index (χ4v) is 3.54. The van der Waals surface area contributed by atoms with Crippen molar-refractivity contribution in [1.29, 1.82) is 0 Å². The lowest BCUT2D eigenvalue weighted by Gasteiger charge is -2.31. The standard InChI is InChI=1S/C25H39NO6/c1-16(2)13-30-22-18(4)31-23(27)21(26-24(28)32-25(5,6)7)15-29-14-20(22)12-19-10-8-17(3)9-11-19/h8-11,16,18,20-22H,12-15H2,1-7H3,(H,26,28)/t18-,20-,21-,22-/m0/s1. The second-order valence-electron chi connectivity index (χ2n) is 10.0. The number of carbonyl (C=O) groups excluding carboxylic acids is 2. The highest BCUT2D eigenvalue weighted by atomic mass is 16.6. The first-order chi connectivity index (χ1) is 14.9. The van der Waals surface area contributed by atoms with E-state index in [2.05, 4.69) is 50.4 Å². The topological polar surface area (TPSA) is 83.1 Å². The summed E-state index contributed by atoms with van der Waals surface area (Å²) in [6.45, 7) is 14.3. The number of amides is 1. The smallest absolute Gasteiger partial charge is 0.408 e. The fraction of sp³-hybridized carbons (Fsp3) is 0.680. The lowest BCUT2D eigenvalue weighted by Crippen LogP contribution is -2.48. The van der Waals surface area contributed by atoms with E-state index in [1.54, 1.807) is 20.8 Å². The van der Waals surface area contributed by atoms with Crippen LogP contribution in [0.25, 0.3) is 0 Å². The summed E-state index contributed by atoms with van der Waals surface area (Å²) in [5, 5.41) is 2.58. The predicted octanol–water partition coefficient (Wildman–Crippen LogP) is 4.05. The number of hydrogen-bond donors (Lipinski definition) is 1. The van der Waals surface area contributed by atoms with Gasteiger partial charge >= 0.3 is 12.1 Å². The summed E-state index contributed by atoms with van der Waals surface area (Å²) in [5.74, 6) is -0.231. The van der Waals surface area contributed by atoms with Gasteiger partial charge in [0.1, 0.15) is 11.7 Å². The number of cyclic esters (lactones) is 1. The summed E-state index contributed by atoms with van der Waals surface area (Å²) in [6.07, 6.45) is -0.780. The largest absolute Gasteiger partial charge is 0.458 e. The minimum Gasteiger partial charge on any atom is -0.458 e. The molecule has 1 aliphatic heterocycles. The third-order valence-corrected chi connectivity index (χ3v) is 5.06. The number of hydrogen-bond acceptors (Lipinski definition) is 6. The van der Waals surface area contributed by atoms with E-state index in [0.717, 1.165) is 6.42 Å². The number of nitrogens with one attached hydrogen (secondary N) is 1. The Morgan fingerprint density at radius 3 is 2.44 bits per heavy atom. The second kappa shape index (κ2) is 11.7. The summed E-state index contributed by atoms with van der Waals surface area (Å²) in [5.41, 5.74) is 1.70. The van der Waals surface area contributed by atoms with Crippen molar-refractivity contribution < 1.29 is 28.5 Å². The first-order valence-corrected chi connectivity index (χ1v) is 11.4. The first-order valence-electron chi connectivity index (χ1n) is 11.4. The third-order valence-electron chi connectivity index (χ3n) is 5.06. The molecule has 1 saturated heterocycles. The minimum absolute atomic E-state index is 0.00605. The molecule has 0 bridgehead atoms. The van der Waals surface area contributed by atoms with E-state index in [-0.39, 0.29) is 18.6 Å². The van der Waals surface area contributed by atoms with Crippen molar-refractivity contribution in [2.24, 2.45) is 11.8 Å². The highest BCUT2D eigenvalue weighted by Gasteiger charge is 2.36. The van der Waals surface area contributed by atoms with Crippen LogP contribution in [-0.2, 0) is 30.2 Å². The molecular formula is C25H39NO6. The first kappa shape index (κ1) is 26.1. The third kappa shape index (κ3) is 8.79. The maximum Gasteiger partial charge on any atom is 0.408 e. The van der Waals surface area contributed by atoms with E-state index in [9.17, 15) is 9.59 Å². The molecule has 1 fully saturated rings. The zero-order valence-corrected chi connectivity index (χ0v) is 20.5. The van der Waals surface area contributed by atoms with Crippen LogP contribution in [0.5, 0.6) is 0 Å². The van der Waals surface area contributed by atoms with Crippen LogP contribution < -0.4 is 5.32 Å². The van der Waals surface area contributed by atoms with Gasteiger partial charge in [0.2, 0.25) is 0 Å². The normalized spacial score (nSPS) is 24.8. The summed E-state index contributed by atoms with van der Waals surface area (Å²) in [7, 11) is 0. The van der Waals surface area contributed by atoms with Crippen LogP contribution in [0, 0.1) is 18.8 Å². The zero-order valence-electron chi connectivity index (χ0n) is 20.5. The summed E-state index contributed by atoms with van der Waals surface area (Å²) >= 11 is 0. The van der Waals surface area contributed by atoms with E-state index in [1.807, 2.05) is 6.92 Å². The van der Waals surface area contributed by atoms with Gasteiger partial charge in [-0.05, 0) is 52.5 Å². The van der Waals surface area contributed by atoms with Gasteiger partial charge in [-0.25, -0.2) is 9.59 Å². The Bertz CT molecular complexity index is 740. The average Bonchev–Trinajstić information content (AvgIpc) is 2.71. The van der Waals surface area contributed by atoms with Crippen molar-refractivity contribution in [3.05, 3.63) is 35.4 Å². The number of esters is 1. The van der Waals surface area contributed by atoms with Gasteiger partial charge in [0.15, 0.2) is 6.04 Å². The molecule has 0 saturated carbocycles. The van der Waals surface area contributed by atoms with Gasteiger partial charge in [-0.15, -0.1) is 0 Å². The molecule has 0 radical (unpaired) electrons. The lowest BCUT2D eigenvalue weighted by molar-refractivity contribution is -0.161. The minimum atomic E-state index is -0.948. The monoisotopic (exact) mass is 449 g/mol. The molecule has 1 N–H and O–H groups in total. The molecule has 1 aromatic carbocycles. The van der Waals surface area contributed by atoms with Gasteiger partial charge in [-0.2, -0.15) is 0 Å². The van der Waals surface area contributed by atoms with Gasteiger partial charge < -0.3 is 24.3 Å². The number of carbonyl (C=O) groups is 2. The van der Waals surface area contributed by atoms with Gasteiger partial charge in [0.25, 0.3) is 0 Å². The van der Waals surface area contributed by atoms with Gasteiger partial charge in [-0.1, -0.05) is 43.7 Å². The predicted molar refractivity (Wildman–Crippen MR) is 122 cm³/mol. The van der Waals surface area contributed by atoms with Crippen LogP contribution in [-0.4, -0.2) is 55.7 Å². The Balaban J connectivity index is 2.17. The van der Waals surface area contributed by atoms with Gasteiger partial charge in [0.05, 0.1) is 19.3 Å². The molecule has 0 unspecified atom stereocenters. The van der Waals surface area contributed by atoms with Crippen LogP contribution in [0.4, 0.5) is 4.79 Å². The van der Waals surface area contributed by atoms with Crippen LogP contribution >= 0.6 is 0 Å². The SMILES string of the molecule is Cc1ccc(C[C@H]2COC[C@H](NC(=O)OC(C)(C)C)C(=O)O[C@@H](C)[C@@H]2OCC(C)C)cc1. The number of rotatable bonds is 6. The Kier molecular flexibility index (Phi) is 9.52. The summed E-state index contributed by atoms with van der Waals surface area (Å²) < 4.78 is 23.1. The maximum atomic E-state index is 12.8. The molecule has 1 amide bonds. The van der Waals surface area contributed by atoms with E-state index in [4.69, 9.17) is 18.9 Å². The van der Waals surface area contributed by atoms with Crippen LogP contribution in [0.2, 0.25) is 0 Å². The molecule has 180 valence electrons. The molecule has 0 aromatic heterocycles. The zero-order chi connectivity index (χ0) is 23.9. The lowest BCUT2D eigenvalue weighted by atomic mass is 9.91. The van der Waals surface area contributed by atoms with E-state index in [0.29, 0.717) is 19.1 Å². The molecule has 1 aromatic rings. The number of ether oxygens (including phenoxy) is 4. The van der Waals surface area contributed by atoms with Crippen LogP contribution in [0.3, 0.4) is 0 Å². The number of aryl methyl sites for hydroxylation is 1.